The molecule has 0 aromatic heterocycles. The molecular formula is C20H26N2O5S. The van der Waals surface area contributed by atoms with Crippen LogP contribution in [0.15, 0.2) is 47.4 Å². The van der Waals surface area contributed by atoms with Crippen molar-refractivity contribution in [2.75, 3.05) is 40.5 Å². The van der Waals surface area contributed by atoms with Crippen LogP contribution < -0.4 is 18.9 Å². The Morgan fingerprint density at radius 1 is 1.07 bits per heavy atom. The lowest BCUT2D eigenvalue weighted by Gasteiger charge is -2.25. The molecule has 0 bridgehead atoms. The molecule has 2 aromatic carbocycles. The van der Waals surface area contributed by atoms with Gasteiger partial charge in [0.1, 0.15) is 19.0 Å². The minimum absolute atomic E-state index is 0.123. The molecule has 1 atom stereocenters. The average Bonchev–Trinajstić information content (AvgIpc) is 2.69. The summed E-state index contributed by atoms with van der Waals surface area (Å²) in [5, 5.41) is 0. The third-order valence-electron chi connectivity index (χ3n) is 4.49. The monoisotopic (exact) mass is 406 g/mol. The SMILES string of the molecule is CCOc1ccc(C(CNS(=O)(=O)c2ccc3c(c2)OCCO3)N(C)C)cc1. The van der Waals surface area contributed by atoms with E-state index in [0.29, 0.717) is 31.3 Å². The zero-order valence-corrected chi connectivity index (χ0v) is 17.2. The molecule has 1 heterocycles. The van der Waals surface area contributed by atoms with Crippen LogP contribution in [0.3, 0.4) is 0 Å². The number of fused-ring (bicyclic) bond motifs is 1. The van der Waals surface area contributed by atoms with Gasteiger partial charge in [0.15, 0.2) is 11.5 Å². The van der Waals surface area contributed by atoms with Crippen molar-refractivity contribution in [3.05, 3.63) is 48.0 Å². The summed E-state index contributed by atoms with van der Waals surface area (Å²) in [4.78, 5) is 2.13. The van der Waals surface area contributed by atoms with Crippen LogP contribution in [0.5, 0.6) is 17.2 Å². The number of likely N-dealkylation sites (N-methyl/N-ethyl adjacent to an activating group) is 1. The molecule has 1 aliphatic rings. The molecule has 2 aromatic rings. The van der Waals surface area contributed by atoms with Gasteiger partial charge in [-0.05, 0) is 50.8 Å². The van der Waals surface area contributed by atoms with E-state index in [-0.39, 0.29) is 17.5 Å². The van der Waals surface area contributed by atoms with Gasteiger partial charge in [-0.2, -0.15) is 0 Å². The van der Waals surface area contributed by atoms with E-state index in [1.165, 1.54) is 12.1 Å². The Labute approximate surface area is 166 Å². The summed E-state index contributed by atoms with van der Waals surface area (Å²) in [6.07, 6.45) is 0. The molecule has 152 valence electrons. The quantitative estimate of drug-likeness (QED) is 0.726. The topological polar surface area (TPSA) is 77.1 Å². The van der Waals surface area contributed by atoms with E-state index in [0.717, 1.165) is 11.3 Å². The highest BCUT2D eigenvalue weighted by atomic mass is 32.2. The van der Waals surface area contributed by atoms with Crippen LogP contribution in [0, 0.1) is 0 Å². The summed E-state index contributed by atoms with van der Waals surface area (Å²) >= 11 is 0. The molecule has 28 heavy (non-hydrogen) atoms. The molecule has 8 heteroatoms. The Bertz CT molecular complexity index is 897. The van der Waals surface area contributed by atoms with Crippen molar-refractivity contribution >= 4 is 10.0 Å². The fourth-order valence-corrected chi connectivity index (χ4v) is 4.07. The molecule has 7 nitrogen and oxygen atoms in total. The summed E-state index contributed by atoms with van der Waals surface area (Å²) in [7, 11) is 0.148. The number of sulfonamides is 1. The number of benzene rings is 2. The van der Waals surface area contributed by atoms with Gasteiger partial charge in [0.2, 0.25) is 10.0 Å². The van der Waals surface area contributed by atoms with Crippen LogP contribution in [-0.4, -0.2) is 53.8 Å². The van der Waals surface area contributed by atoms with Gasteiger partial charge < -0.3 is 19.1 Å². The van der Waals surface area contributed by atoms with E-state index in [4.69, 9.17) is 14.2 Å². The van der Waals surface area contributed by atoms with Crippen molar-refractivity contribution in [3.63, 3.8) is 0 Å². The van der Waals surface area contributed by atoms with Crippen LogP contribution in [0.1, 0.15) is 18.5 Å². The highest BCUT2D eigenvalue weighted by molar-refractivity contribution is 7.89. The Kier molecular flexibility index (Phi) is 6.43. The lowest BCUT2D eigenvalue weighted by Crippen LogP contribution is -2.34. The van der Waals surface area contributed by atoms with Crippen LogP contribution in [0.2, 0.25) is 0 Å². The minimum atomic E-state index is -3.68. The number of nitrogens with one attached hydrogen (secondary N) is 1. The highest BCUT2D eigenvalue weighted by Gasteiger charge is 2.22. The Morgan fingerprint density at radius 2 is 1.75 bits per heavy atom. The zero-order chi connectivity index (χ0) is 20.1. The molecule has 1 unspecified atom stereocenters. The number of nitrogens with zero attached hydrogens (tertiary/aromatic N) is 1. The maximum Gasteiger partial charge on any atom is 0.240 e. The smallest absolute Gasteiger partial charge is 0.240 e. The summed E-state index contributed by atoms with van der Waals surface area (Å²) in [5.41, 5.74) is 0.998. The first-order valence-electron chi connectivity index (χ1n) is 9.19. The average molecular weight is 407 g/mol. The molecule has 0 fully saturated rings. The molecule has 0 radical (unpaired) electrons. The minimum Gasteiger partial charge on any atom is -0.494 e. The van der Waals surface area contributed by atoms with Crippen molar-refractivity contribution in [3.8, 4) is 17.2 Å². The molecule has 1 aliphatic heterocycles. The van der Waals surface area contributed by atoms with Gasteiger partial charge >= 0.3 is 0 Å². The van der Waals surface area contributed by atoms with Gasteiger partial charge in [-0.3, -0.25) is 0 Å². The van der Waals surface area contributed by atoms with Crippen molar-refractivity contribution in [2.24, 2.45) is 0 Å². The largest absolute Gasteiger partial charge is 0.494 e. The van der Waals surface area contributed by atoms with Gasteiger partial charge in [0.05, 0.1) is 11.5 Å². The van der Waals surface area contributed by atoms with Crippen LogP contribution in [0.4, 0.5) is 0 Å². The standard InChI is InChI=1S/C20H26N2O5S/c1-4-25-16-7-5-15(6-8-16)18(22(2)3)14-21-28(23,24)17-9-10-19-20(13-17)27-12-11-26-19/h5-10,13,18,21H,4,11-12,14H2,1-3H3. The second-order valence-corrected chi connectivity index (χ2v) is 8.41. The van der Waals surface area contributed by atoms with Crippen LogP contribution in [0.25, 0.3) is 0 Å². The van der Waals surface area contributed by atoms with Crippen molar-refractivity contribution in [2.45, 2.75) is 17.9 Å². The number of hydrogen-bond donors (Lipinski definition) is 1. The highest BCUT2D eigenvalue weighted by Crippen LogP contribution is 2.32. The molecule has 0 amide bonds. The molecule has 0 saturated heterocycles. The molecule has 1 N–H and O–H groups in total. The van der Waals surface area contributed by atoms with Crippen molar-refractivity contribution < 1.29 is 22.6 Å². The Balaban J connectivity index is 1.73. The molecule has 0 saturated carbocycles. The van der Waals surface area contributed by atoms with Gasteiger partial charge in [-0.25, -0.2) is 13.1 Å². The van der Waals surface area contributed by atoms with Gasteiger partial charge in [0, 0.05) is 18.7 Å². The predicted octanol–water partition coefficient (Wildman–Crippen LogP) is 2.44. The summed E-state index contributed by atoms with van der Waals surface area (Å²) in [6, 6.07) is 12.2. The number of ether oxygens (including phenoxy) is 3. The first kappa shape index (κ1) is 20.4. The van der Waals surface area contributed by atoms with Crippen molar-refractivity contribution in [1.29, 1.82) is 0 Å². The lowest BCUT2D eigenvalue weighted by atomic mass is 10.1. The third-order valence-corrected chi connectivity index (χ3v) is 5.91. The first-order chi connectivity index (χ1) is 13.4. The third kappa shape index (κ3) is 4.76. The number of rotatable bonds is 8. The normalized spacial score (nSPS) is 14.7. The Morgan fingerprint density at radius 3 is 2.39 bits per heavy atom. The summed E-state index contributed by atoms with van der Waals surface area (Å²) in [6.45, 7) is 3.64. The molecule has 3 rings (SSSR count). The van der Waals surface area contributed by atoms with Crippen LogP contribution >= 0.6 is 0 Å². The second-order valence-electron chi connectivity index (χ2n) is 6.64. The van der Waals surface area contributed by atoms with E-state index < -0.39 is 10.0 Å². The first-order valence-corrected chi connectivity index (χ1v) is 10.7. The van der Waals surface area contributed by atoms with E-state index in [1.54, 1.807) is 6.07 Å². The summed E-state index contributed by atoms with van der Waals surface area (Å²) in [5.74, 6) is 1.80. The Hall–Kier alpha value is -2.29. The fraction of sp³-hybridized carbons (Fsp3) is 0.400. The number of hydrogen-bond acceptors (Lipinski definition) is 6. The van der Waals surface area contributed by atoms with E-state index in [1.807, 2.05) is 50.2 Å². The van der Waals surface area contributed by atoms with E-state index in [2.05, 4.69) is 4.72 Å². The molecular weight excluding hydrogens is 380 g/mol. The maximum absolute atomic E-state index is 12.8. The van der Waals surface area contributed by atoms with E-state index >= 15 is 0 Å². The van der Waals surface area contributed by atoms with Crippen molar-refractivity contribution in [1.82, 2.24) is 9.62 Å². The maximum atomic E-state index is 12.8. The van der Waals surface area contributed by atoms with Gasteiger partial charge in [-0.1, -0.05) is 12.1 Å². The molecule has 0 spiro atoms. The van der Waals surface area contributed by atoms with Crippen LogP contribution in [-0.2, 0) is 10.0 Å². The van der Waals surface area contributed by atoms with Gasteiger partial charge in [0.25, 0.3) is 0 Å². The zero-order valence-electron chi connectivity index (χ0n) is 16.3. The summed E-state index contributed by atoms with van der Waals surface area (Å²) < 4.78 is 44.6. The van der Waals surface area contributed by atoms with Gasteiger partial charge in [-0.15, -0.1) is 0 Å². The van der Waals surface area contributed by atoms with E-state index in [9.17, 15) is 8.42 Å². The molecule has 0 aliphatic carbocycles. The fourth-order valence-electron chi connectivity index (χ4n) is 3.01. The second kappa shape index (κ2) is 8.81. The predicted molar refractivity (Wildman–Crippen MR) is 107 cm³/mol. The lowest BCUT2D eigenvalue weighted by molar-refractivity contribution is 0.171.